The summed E-state index contributed by atoms with van der Waals surface area (Å²) in [4.78, 5) is 1.13. The smallest absolute Gasteiger partial charge is 0.0653 e. The van der Waals surface area contributed by atoms with Gasteiger partial charge < -0.3 is 5.11 Å². The highest BCUT2D eigenvalue weighted by Crippen LogP contribution is 2.21. The van der Waals surface area contributed by atoms with Crippen LogP contribution in [0.15, 0.2) is 6.20 Å². The fourth-order valence-corrected chi connectivity index (χ4v) is 1.54. The second-order valence-electron chi connectivity index (χ2n) is 3.38. The number of hydrogen-bond donors (Lipinski definition) is 1. The largest absolute Gasteiger partial charge is 0.396 e. The summed E-state index contributed by atoms with van der Waals surface area (Å²) in [6, 6.07) is 0. The molecule has 1 rings (SSSR count). The molecule has 0 aliphatic carbocycles. The first-order chi connectivity index (χ1) is 5.14. The van der Waals surface area contributed by atoms with Gasteiger partial charge in [0.05, 0.1) is 6.20 Å². The van der Waals surface area contributed by atoms with Crippen LogP contribution < -0.4 is 0 Å². The van der Waals surface area contributed by atoms with Gasteiger partial charge in [-0.15, -0.1) is 5.10 Å². The minimum absolute atomic E-state index is 0.0474. The molecule has 1 N–H and O–H groups in total. The molecule has 0 aliphatic rings. The molecule has 0 spiro atoms. The lowest BCUT2D eigenvalue weighted by molar-refractivity contribution is 0.160. The molecule has 0 saturated heterocycles. The van der Waals surface area contributed by atoms with Crippen LogP contribution in [-0.4, -0.2) is 21.3 Å². The Hall–Kier alpha value is -0.480. The summed E-state index contributed by atoms with van der Waals surface area (Å²) < 4.78 is 3.75. The lowest BCUT2D eigenvalue weighted by Crippen LogP contribution is -2.18. The summed E-state index contributed by atoms with van der Waals surface area (Å²) in [5.74, 6) is 0. The van der Waals surface area contributed by atoms with E-state index in [1.807, 2.05) is 13.8 Å². The molecule has 0 saturated carbocycles. The molecule has 0 radical (unpaired) electrons. The molecular weight excluding hydrogens is 160 g/mol. The summed E-state index contributed by atoms with van der Waals surface area (Å²) >= 11 is 1.39. The highest BCUT2D eigenvalue weighted by Gasteiger charge is 2.17. The predicted octanol–water partition coefficient (Wildman–Crippen LogP) is 1.10. The van der Waals surface area contributed by atoms with Crippen LogP contribution in [0, 0.1) is 5.41 Å². The summed E-state index contributed by atoms with van der Waals surface area (Å²) in [5.41, 5.74) is -0.0474. The number of aromatic nitrogens is 2. The zero-order valence-corrected chi connectivity index (χ0v) is 7.56. The van der Waals surface area contributed by atoms with E-state index in [1.54, 1.807) is 6.20 Å². The maximum Gasteiger partial charge on any atom is 0.0653 e. The van der Waals surface area contributed by atoms with Gasteiger partial charge in [-0.3, -0.25) is 0 Å². The van der Waals surface area contributed by atoms with Crippen molar-refractivity contribution >= 4 is 11.5 Å². The Labute approximate surface area is 70.2 Å². The van der Waals surface area contributed by atoms with Crippen LogP contribution in [0.2, 0.25) is 0 Å². The quantitative estimate of drug-likeness (QED) is 0.742. The van der Waals surface area contributed by atoms with E-state index in [0.717, 1.165) is 11.3 Å². The van der Waals surface area contributed by atoms with E-state index >= 15 is 0 Å². The Morgan fingerprint density at radius 2 is 2.36 bits per heavy atom. The van der Waals surface area contributed by atoms with Crippen molar-refractivity contribution in [3.05, 3.63) is 11.1 Å². The van der Waals surface area contributed by atoms with Crippen molar-refractivity contribution in [1.29, 1.82) is 0 Å². The van der Waals surface area contributed by atoms with Crippen LogP contribution in [0.5, 0.6) is 0 Å². The van der Waals surface area contributed by atoms with Gasteiger partial charge in [-0.1, -0.05) is 18.3 Å². The molecule has 1 aromatic rings. The molecule has 1 aromatic heterocycles. The van der Waals surface area contributed by atoms with Crippen molar-refractivity contribution in [3.63, 3.8) is 0 Å². The third kappa shape index (κ3) is 2.55. The summed E-state index contributed by atoms with van der Waals surface area (Å²) in [6.45, 7) is 4.24. The SMILES string of the molecule is CC(C)(CO)Cc1cnns1. The molecule has 3 nitrogen and oxygen atoms in total. The third-order valence-corrected chi connectivity index (χ3v) is 2.15. The van der Waals surface area contributed by atoms with Crippen LogP contribution in [0.3, 0.4) is 0 Å². The van der Waals surface area contributed by atoms with Crippen molar-refractivity contribution in [2.24, 2.45) is 5.41 Å². The number of aliphatic hydroxyl groups excluding tert-OH is 1. The van der Waals surface area contributed by atoms with Gasteiger partial charge in [-0.25, -0.2) is 0 Å². The highest BCUT2D eigenvalue weighted by atomic mass is 32.1. The molecular formula is C7H12N2OS. The minimum atomic E-state index is -0.0474. The fourth-order valence-electron chi connectivity index (χ4n) is 0.793. The number of aliphatic hydroxyl groups is 1. The van der Waals surface area contributed by atoms with Crippen molar-refractivity contribution < 1.29 is 5.11 Å². The second kappa shape index (κ2) is 3.28. The Balaban J connectivity index is 2.56. The van der Waals surface area contributed by atoms with Gasteiger partial charge in [-0.05, 0) is 23.4 Å². The highest BCUT2D eigenvalue weighted by molar-refractivity contribution is 7.05. The Kier molecular flexibility index (Phi) is 2.57. The van der Waals surface area contributed by atoms with E-state index in [1.165, 1.54) is 11.5 Å². The van der Waals surface area contributed by atoms with Crippen molar-refractivity contribution in [1.82, 2.24) is 9.59 Å². The number of rotatable bonds is 3. The van der Waals surface area contributed by atoms with E-state index in [0.29, 0.717) is 0 Å². The van der Waals surface area contributed by atoms with E-state index in [4.69, 9.17) is 5.11 Å². The van der Waals surface area contributed by atoms with Crippen molar-refractivity contribution in [3.8, 4) is 0 Å². The standard InChI is InChI=1S/C7H12N2OS/c1-7(2,5-10)3-6-4-8-9-11-6/h4,10H,3,5H2,1-2H3. The number of hydrogen-bond acceptors (Lipinski definition) is 4. The Morgan fingerprint density at radius 3 is 2.82 bits per heavy atom. The van der Waals surface area contributed by atoms with Crippen molar-refractivity contribution in [2.75, 3.05) is 6.61 Å². The minimum Gasteiger partial charge on any atom is -0.396 e. The predicted molar refractivity (Wildman–Crippen MR) is 44.5 cm³/mol. The van der Waals surface area contributed by atoms with Crippen LogP contribution in [0.25, 0.3) is 0 Å². The molecule has 0 amide bonds. The Morgan fingerprint density at radius 1 is 1.64 bits per heavy atom. The second-order valence-corrected chi connectivity index (χ2v) is 4.25. The lowest BCUT2D eigenvalue weighted by Gasteiger charge is -2.19. The lowest BCUT2D eigenvalue weighted by atomic mass is 9.90. The molecule has 0 aliphatic heterocycles. The van der Waals surface area contributed by atoms with Gasteiger partial charge >= 0.3 is 0 Å². The zero-order valence-electron chi connectivity index (χ0n) is 6.74. The van der Waals surface area contributed by atoms with E-state index < -0.39 is 0 Å². The van der Waals surface area contributed by atoms with E-state index in [-0.39, 0.29) is 12.0 Å². The molecule has 0 unspecified atom stereocenters. The average Bonchev–Trinajstić information content (AvgIpc) is 2.39. The van der Waals surface area contributed by atoms with E-state index in [2.05, 4.69) is 9.59 Å². The molecule has 0 bridgehead atoms. The van der Waals surface area contributed by atoms with Gasteiger partial charge in [0.25, 0.3) is 0 Å². The molecule has 1 heterocycles. The maximum absolute atomic E-state index is 8.96. The molecule has 62 valence electrons. The summed E-state index contributed by atoms with van der Waals surface area (Å²) in [6.07, 6.45) is 2.60. The van der Waals surface area contributed by atoms with Gasteiger partial charge in [0.2, 0.25) is 0 Å². The Bertz CT molecular complexity index is 208. The monoisotopic (exact) mass is 172 g/mol. The number of nitrogens with zero attached hydrogens (tertiary/aromatic N) is 2. The topological polar surface area (TPSA) is 46.0 Å². The van der Waals surface area contributed by atoms with Crippen LogP contribution in [0.1, 0.15) is 18.7 Å². The maximum atomic E-state index is 8.96. The first kappa shape index (κ1) is 8.62. The first-order valence-corrected chi connectivity index (χ1v) is 4.28. The summed E-state index contributed by atoms with van der Waals surface area (Å²) in [5, 5.41) is 12.7. The van der Waals surface area contributed by atoms with Gasteiger partial charge in [0.1, 0.15) is 0 Å². The molecule has 0 atom stereocenters. The van der Waals surface area contributed by atoms with Gasteiger partial charge in [0.15, 0.2) is 0 Å². The average molecular weight is 172 g/mol. The van der Waals surface area contributed by atoms with Gasteiger partial charge in [-0.2, -0.15) is 0 Å². The van der Waals surface area contributed by atoms with Crippen LogP contribution in [-0.2, 0) is 6.42 Å². The normalized spacial score (nSPS) is 11.9. The molecule has 0 aromatic carbocycles. The van der Waals surface area contributed by atoms with Gasteiger partial charge in [0, 0.05) is 11.5 Å². The molecule has 11 heavy (non-hydrogen) atoms. The zero-order chi connectivity index (χ0) is 8.32. The fraction of sp³-hybridized carbons (Fsp3) is 0.714. The first-order valence-electron chi connectivity index (χ1n) is 3.51. The van der Waals surface area contributed by atoms with Crippen LogP contribution >= 0.6 is 11.5 Å². The third-order valence-electron chi connectivity index (χ3n) is 1.49. The summed E-state index contributed by atoms with van der Waals surface area (Å²) in [7, 11) is 0. The van der Waals surface area contributed by atoms with Crippen LogP contribution in [0.4, 0.5) is 0 Å². The van der Waals surface area contributed by atoms with Crippen molar-refractivity contribution in [2.45, 2.75) is 20.3 Å². The molecule has 4 heteroatoms. The van der Waals surface area contributed by atoms with E-state index in [9.17, 15) is 0 Å². The molecule has 0 fully saturated rings.